The number of carbonyl (C=O) groups is 1. The number of nitrogens with zero attached hydrogens (tertiary/aromatic N) is 3. The number of imidazole rings is 1. The maximum atomic E-state index is 13.7. The van der Waals surface area contributed by atoms with Crippen LogP contribution in [0.3, 0.4) is 0 Å². The minimum atomic E-state index is -0.231. The topological polar surface area (TPSA) is 50.2 Å². The summed E-state index contributed by atoms with van der Waals surface area (Å²) in [7, 11) is 0. The van der Waals surface area contributed by atoms with Crippen LogP contribution < -0.4 is 10.2 Å². The van der Waals surface area contributed by atoms with Crippen molar-refractivity contribution in [3.63, 3.8) is 0 Å². The van der Waals surface area contributed by atoms with E-state index in [0.717, 1.165) is 48.5 Å². The summed E-state index contributed by atoms with van der Waals surface area (Å²) in [6, 6.07) is 14.9. The van der Waals surface area contributed by atoms with Gasteiger partial charge in [-0.15, -0.1) is 0 Å². The highest BCUT2D eigenvalue weighted by Crippen LogP contribution is 2.28. The van der Waals surface area contributed by atoms with Gasteiger partial charge in [0.15, 0.2) is 0 Å². The third-order valence-electron chi connectivity index (χ3n) is 5.44. The maximum Gasteiger partial charge on any atom is 0.223 e. The highest BCUT2D eigenvalue weighted by molar-refractivity contribution is 5.80. The Morgan fingerprint density at radius 1 is 1.17 bits per heavy atom. The van der Waals surface area contributed by atoms with Crippen molar-refractivity contribution in [3.8, 4) is 0 Å². The van der Waals surface area contributed by atoms with Gasteiger partial charge < -0.3 is 14.8 Å². The van der Waals surface area contributed by atoms with Crippen molar-refractivity contribution >= 4 is 22.9 Å². The Hall–Kier alpha value is -2.89. The van der Waals surface area contributed by atoms with Crippen LogP contribution in [0.1, 0.15) is 32.3 Å². The van der Waals surface area contributed by atoms with Crippen molar-refractivity contribution < 1.29 is 9.18 Å². The van der Waals surface area contributed by atoms with E-state index in [1.807, 2.05) is 44.2 Å². The predicted molar refractivity (Wildman–Crippen MR) is 113 cm³/mol. The highest BCUT2D eigenvalue weighted by atomic mass is 19.1. The zero-order valence-electron chi connectivity index (χ0n) is 16.9. The minimum absolute atomic E-state index is 0.0506. The Kier molecular flexibility index (Phi) is 5.51. The van der Waals surface area contributed by atoms with Crippen LogP contribution in [0.5, 0.6) is 0 Å². The number of fused-ring (bicyclic) bond motifs is 1. The minimum Gasteiger partial charge on any atom is -0.354 e. The van der Waals surface area contributed by atoms with Crippen LogP contribution >= 0.6 is 0 Å². The molecule has 0 atom stereocenters. The van der Waals surface area contributed by atoms with Gasteiger partial charge in [-0.3, -0.25) is 4.79 Å². The van der Waals surface area contributed by atoms with E-state index in [9.17, 15) is 9.18 Å². The SMILES string of the molecule is CC(C)NC(=O)C1CCN(c2nc3ccccc3n2Cc2cccc(F)c2)CC1. The zero-order chi connectivity index (χ0) is 20.4. The van der Waals surface area contributed by atoms with Crippen LogP contribution in [-0.2, 0) is 11.3 Å². The monoisotopic (exact) mass is 394 g/mol. The summed E-state index contributed by atoms with van der Waals surface area (Å²) in [4.78, 5) is 19.5. The molecule has 0 saturated carbocycles. The Labute approximate surface area is 170 Å². The van der Waals surface area contributed by atoms with Gasteiger partial charge in [0.2, 0.25) is 11.9 Å². The van der Waals surface area contributed by atoms with Crippen molar-refractivity contribution in [3.05, 3.63) is 59.9 Å². The molecule has 1 N–H and O–H groups in total. The number of benzene rings is 2. The highest BCUT2D eigenvalue weighted by Gasteiger charge is 2.28. The molecule has 2 aromatic carbocycles. The summed E-state index contributed by atoms with van der Waals surface area (Å²) in [5.41, 5.74) is 2.87. The first-order valence-corrected chi connectivity index (χ1v) is 10.3. The first-order chi connectivity index (χ1) is 14.0. The van der Waals surface area contributed by atoms with Crippen LogP contribution in [0.4, 0.5) is 10.3 Å². The molecule has 1 aliphatic heterocycles. The van der Waals surface area contributed by atoms with Gasteiger partial charge in [-0.2, -0.15) is 0 Å². The number of amides is 1. The second-order valence-corrected chi connectivity index (χ2v) is 8.04. The summed E-state index contributed by atoms with van der Waals surface area (Å²) in [6.45, 7) is 6.09. The molecule has 0 radical (unpaired) electrons. The van der Waals surface area contributed by atoms with Gasteiger partial charge in [0.25, 0.3) is 0 Å². The summed E-state index contributed by atoms with van der Waals surface area (Å²) in [5.74, 6) is 0.853. The molecule has 0 aliphatic carbocycles. The second-order valence-electron chi connectivity index (χ2n) is 8.04. The van der Waals surface area contributed by atoms with Gasteiger partial charge in [-0.1, -0.05) is 24.3 Å². The molecule has 4 rings (SSSR count). The zero-order valence-corrected chi connectivity index (χ0v) is 16.9. The van der Waals surface area contributed by atoms with E-state index in [4.69, 9.17) is 4.98 Å². The third kappa shape index (κ3) is 4.26. The van der Waals surface area contributed by atoms with E-state index < -0.39 is 0 Å². The number of carbonyl (C=O) groups excluding carboxylic acids is 1. The van der Waals surface area contributed by atoms with Gasteiger partial charge in [0, 0.05) is 25.0 Å². The normalized spacial score (nSPS) is 15.2. The van der Waals surface area contributed by atoms with Crippen molar-refractivity contribution in [1.82, 2.24) is 14.9 Å². The summed E-state index contributed by atoms with van der Waals surface area (Å²) < 4.78 is 15.9. The number of piperidine rings is 1. The van der Waals surface area contributed by atoms with Crippen LogP contribution in [0.15, 0.2) is 48.5 Å². The van der Waals surface area contributed by atoms with Crippen LogP contribution in [0, 0.1) is 11.7 Å². The molecule has 0 bridgehead atoms. The lowest BCUT2D eigenvalue weighted by Gasteiger charge is -2.32. The molecule has 29 heavy (non-hydrogen) atoms. The number of hydrogen-bond donors (Lipinski definition) is 1. The number of halogens is 1. The van der Waals surface area contributed by atoms with E-state index in [-0.39, 0.29) is 23.7 Å². The van der Waals surface area contributed by atoms with Gasteiger partial charge in [-0.05, 0) is 56.5 Å². The number of anilines is 1. The van der Waals surface area contributed by atoms with Crippen LogP contribution in [0.25, 0.3) is 11.0 Å². The average molecular weight is 394 g/mol. The van der Waals surface area contributed by atoms with Crippen molar-refractivity contribution in [2.75, 3.05) is 18.0 Å². The first kappa shape index (κ1) is 19.4. The fourth-order valence-corrected chi connectivity index (χ4v) is 4.02. The van der Waals surface area contributed by atoms with Gasteiger partial charge in [-0.25, -0.2) is 9.37 Å². The number of rotatable bonds is 5. The van der Waals surface area contributed by atoms with Crippen molar-refractivity contribution in [2.24, 2.45) is 5.92 Å². The molecule has 6 heteroatoms. The molecular formula is C23H27FN4O. The van der Waals surface area contributed by atoms with Gasteiger partial charge in [0.1, 0.15) is 5.82 Å². The molecule has 2 heterocycles. The fourth-order valence-electron chi connectivity index (χ4n) is 4.02. The van der Waals surface area contributed by atoms with Gasteiger partial charge in [0.05, 0.1) is 17.6 Å². The molecule has 1 amide bonds. The Morgan fingerprint density at radius 2 is 1.93 bits per heavy atom. The smallest absolute Gasteiger partial charge is 0.223 e. The Balaban J connectivity index is 1.58. The molecule has 1 fully saturated rings. The quantitative estimate of drug-likeness (QED) is 0.713. The lowest BCUT2D eigenvalue weighted by atomic mass is 9.96. The Bertz CT molecular complexity index is 1010. The van der Waals surface area contributed by atoms with Crippen molar-refractivity contribution in [2.45, 2.75) is 39.3 Å². The van der Waals surface area contributed by atoms with Gasteiger partial charge >= 0.3 is 0 Å². The number of nitrogens with one attached hydrogen (secondary N) is 1. The molecule has 152 valence electrons. The molecule has 0 unspecified atom stereocenters. The molecule has 1 aliphatic rings. The number of hydrogen-bond acceptors (Lipinski definition) is 3. The number of para-hydroxylation sites is 2. The Morgan fingerprint density at radius 3 is 2.66 bits per heavy atom. The molecular weight excluding hydrogens is 367 g/mol. The predicted octanol–water partition coefficient (Wildman–Crippen LogP) is 3.96. The van der Waals surface area contributed by atoms with E-state index in [1.54, 1.807) is 12.1 Å². The van der Waals surface area contributed by atoms with Crippen molar-refractivity contribution in [1.29, 1.82) is 0 Å². The molecule has 3 aromatic rings. The van der Waals surface area contributed by atoms with E-state index >= 15 is 0 Å². The van der Waals surface area contributed by atoms with E-state index in [2.05, 4.69) is 14.8 Å². The lowest BCUT2D eigenvalue weighted by molar-refractivity contribution is -0.126. The van der Waals surface area contributed by atoms with E-state index in [1.165, 1.54) is 6.07 Å². The third-order valence-corrected chi connectivity index (χ3v) is 5.44. The summed E-state index contributed by atoms with van der Waals surface area (Å²) >= 11 is 0. The summed E-state index contributed by atoms with van der Waals surface area (Å²) in [6.07, 6.45) is 1.61. The fraction of sp³-hybridized carbons (Fsp3) is 0.391. The largest absolute Gasteiger partial charge is 0.354 e. The molecule has 5 nitrogen and oxygen atoms in total. The lowest BCUT2D eigenvalue weighted by Crippen LogP contribution is -2.43. The summed E-state index contributed by atoms with van der Waals surface area (Å²) in [5, 5.41) is 3.02. The molecule has 1 aromatic heterocycles. The first-order valence-electron chi connectivity index (χ1n) is 10.3. The molecule has 0 spiro atoms. The standard InChI is InChI=1S/C23H27FN4O/c1-16(2)25-22(29)18-10-12-27(13-11-18)23-26-20-8-3-4-9-21(20)28(23)15-17-6-5-7-19(24)14-17/h3-9,14,16,18H,10-13,15H2,1-2H3,(H,25,29). The van der Waals surface area contributed by atoms with Crippen LogP contribution in [0.2, 0.25) is 0 Å². The number of aromatic nitrogens is 2. The molecule has 1 saturated heterocycles. The maximum absolute atomic E-state index is 13.7. The van der Waals surface area contributed by atoms with Crippen LogP contribution in [-0.4, -0.2) is 34.6 Å². The second kappa shape index (κ2) is 8.23. The average Bonchev–Trinajstić information content (AvgIpc) is 3.06. The van der Waals surface area contributed by atoms with E-state index in [0.29, 0.717) is 6.54 Å².